The van der Waals surface area contributed by atoms with Gasteiger partial charge in [-0.05, 0) is 23.4 Å². The number of nitrogens with one attached hydrogen (secondary N) is 1. The first-order chi connectivity index (χ1) is 9.35. The van der Waals surface area contributed by atoms with E-state index in [0.717, 1.165) is 11.3 Å². The predicted molar refractivity (Wildman–Crippen MR) is 73.0 cm³/mol. The maximum Gasteiger partial charge on any atom is 0.243 e. The fourth-order valence-corrected chi connectivity index (χ4v) is 1.70. The minimum absolute atomic E-state index is 0.572. The quantitative estimate of drug-likeness (QED) is 0.769. The number of tetrazole rings is 1. The van der Waals surface area contributed by atoms with Crippen molar-refractivity contribution in [3.63, 3.8) is 0 Å². The lowest BCUT2D eigenvalue weighted by molar-refractivity contribution is 0.337. The van der Waals surface area contributed by atoms with E-state index in [-0.39, 0.29) is 0 Å². The van der Waals surface area contributed by atoms with E-state index in [1.54, 1.807) is 10.8 Å². The zero-order chi connectivity index (χ0) is 13.5. The molecule has 0 spiro atoms. The van der Waals surface area contributed by atoms with E-state index >= 15 is 0 Å². The van der Waals surface area contributed by atoms with Gasteiger partial charge in [0.15, 0.2) is 0 Å². The second-order valence-electron chi connectivity index (χ2n) is 3.87. The molecular weight excluding hydrogens is 242 g/mol. The second kappa shape index (κ2) is 6.53. The average Bonchev–Trinajstić information content (AvgIpc) is 2.86. The molecule has 1 aromatic heterocycles. The third-order valence-corrected chi connectivity index (χ3v) is 2.54. The average molecular weight is 259 g/mol. The molecule has 0 unspecified atom stereocenters. The minimum atomic E-state index is 0.572. The van der Waals surface area contributed by atoms with Gasteiger partial charge in [-0.1, -0.05) is 29.4 Å². The Morgan fingerprint density at radius 1 is 1.42 bits per heavy atom. The molecule has 0 fully saturated rings. The van der Waals surface area contributed by atoms with Gasteiger partial charge in [-0.2, -0.15) is 0 Å². The van der Waals surface area contributed by atoms with Crippen molar-refractivity contribution in [3.8, 4) is 5.75 Å². The van der Waals surface area contributed by atoms with Crippen molar-refractivity contribution >= 4 is 5.95 Å². The van der Waals surface area contributed by atoms with Crippen molar-refractivity contribution in [2.24, 2.45) is 0 Å². The van der Waals surface area contributed by atoms with E-state index in [9.17, 15) is 0 Å². The number of para-hydroxylation sites is 1. The van der Waals surface area contributed by atoms with Crippen molar-refractivity contribution in [1.82, 2.24) is 20.2 Å². The van der Waals surface area contributed by atoms with Crippen molar-refractivity contribution < 1.29 is 4.74 Å². The molecule has 0 bridgehead atoms. The zero-order valence-electron chi connectivity index (χ0n) is 10.9. The Morgan fingerprint density at radius 2 is 2.26 bits per heavy atom. The number of nitrogens with zero attached hydrogens (tertiary/aromatic N) is 4. The molecule has 0 saturated carbocycles. The van der Waals surface area contributed by atoms with E-state index in [1.807, 2.05) is 31.2 Å². The van der Waals surface area contributed by atoms with E-state index in [4.69, 9.17) is 4.74 Å². The topological polar surface area (TPSA) is 64.9 Å². The van der Waals surface area contributed by atoms with Gasteiger partial charge in [0, 0.05) is 12.1 Å². The lowest BCUT2D eigenvalue weighted by Gasteiger charge is -2.10. The Kier molecular flexibility index (Phi) is 4.49. The van der Waals surface area contributed by atoms with Gasteiger partial charge in [0.1, 0.15) is 5.75 Å². The second-order valence-corrected chi connectivity index (χ2v) is 3.87. The van der Waals surface area contributed by atoms with Gasteiger partial charge in [-0.3, -0.25) is 0 Å². The number of benzene rings is 1. The summed E-state index contributed by atoms with van der Waals surface area (Å²) in [6.45, 7) is 7.46. The molecule has 0 atom stereocenters. The standard InChI is InChI=1S/C13H17N5O/c1-3-9-18-13(15-16-17-18)14-10-11-7-5-6-8-12(11)19-4-2/h3,5-8H,1,4,9-10H2,2H3,(H,14,15,17). The summed E-state index contributed by atoms with van der Waals surface area (Å²) < 4.78 is 7.22. The van der Waals surface area contributed by atoms with Crippen LogP contribution in [0.15, 0.2) is 36.9 Å². The molecule has 19 heavy (non-hydrogen) atoms. The summed E-state index contributed by atoms with van der Waals surface area (Å²) in [5.74, 6) is 1.49. The molecule has 1 aromatic carbocycles. The predicted octanol–water partition coefficient (Wildman–Crippen LogP) is 1.87. The normalized spacial score (nSPS) is 10.2. The molecule has 0 aliphatic carbocycles. The van der Waals surface area contributed by atoms with Gasteiger partial charge in [-0.15, -0.1) is 6.58 Å². The molecule has 100 valence electrons. The molecule has 2 aromatic rings. The Labute approximate surface area is 112 Å². The summed E-state index contributed by atoms with van der Waals surface area (Å²) in [6.07, 6.45) is 1.75. The molecule has 1 N–H and O–H groups in total. The fraction of sp³-hybridized carbons (Fsp3) is 0.308. The highest BCUT2D eigenvalue weighted by Gasteiger charge is 2.06. The van der Waals surface area contributed by atoms with Gasteiger partial charge in [-0.25, -0.2) is 4.68 Å². The number of rotatable bonds is 7. The van der Waals surface area contributed by atoms with Crippen LogP contribution in [0, 0.1) is 0 Å². The van der Waals surface area contributed by atoms with Crippen LogP contribution in [0.2, 0.25) is 0 Å². The Hall–Kier alpha value is -2.37. The highest BCUT2D eigenvalue weighted by Crippen LogP contribution is 2.18. The first-order valence-corrected chi connectivity index (χ1v) is 6.16. The first-order valence-electron chi connectivity index (χ1n) is 6.16. The Balaban J connectivity index is 2.05. The lowest BCUT2D eigenvalue weighted by Crippen LogP contribution is -2.09. The third kappa shape index (κ3) is 3.31. The molecular formula is C13H17N5O. The van der Waals surface area contributed by atoms with Crippen molar-refractivity contribution in [2.75, 3.05) is 11.9 Å². The van der Waals surface area contributed by atoms with E-state index in [1.165, 1.54) is 0 Å². The van der Waals surface area contributed by atoms with Gasteiger partial charge in [0.2, 0.25) is 5.95 Å². The van der Waals surface area contributed by atoms with Crippen molar-refractivity contribution in [3.05, 3.63) is 42.5 Å². The summed E-state index contributed by atoms with van der Waals surface area (Å²) in [6, 6.07) is 7.90. The van der Waals surface area contributed by atoms with Crippen LogP contribution in [-0.4, -0.2) is 26.8 Å². The van der Waals surface area contributed by atoms with Crippen LogP contribution in [0.5, 0.6) is 5.75 Å². The Morgan fingerprint density at radius 3 is 3.05 bits per heavy atom. The summed E-state index contributed by atoms with van der Waals surface area (Å²) in [5, 5.41) is 14.6. The van der Waals surface area contributed by atoms with E-state index in [0.29, 0.717) is 25.6 Å². The van der Waals surface area contributed by atoms with Crippen molar-refractivity contribution in [2.45, 2.75) is 20.0 Å². The molecule has 2 rings (SSSR count). The van der Waals surface area contributed by atoms with E-state index < -0.39 is 0 Å². The van der Waals surface area contributed by atoms with Crippen molar-refractivity contribution in [1.29, 1.82) is 0 Å². The van der Waals surface area contributed by atoms with Gasteiger partial charge < -0.3 is 10.1 Å². The molecule has 0 amide bonds. The van der Waals surface area contributed by atoms with Crippen LogP contribution in [-0.2, 0) is 13.1 Å². The number of hydrogen-bond donors (Lipinski definition) is 1. The van der Waals surface area contributed by atoms with Gasteiger partial charge in [0.05, 0.1) is 13.2 Å². The van der Waals surface area contributed by atoms with Crippen LogP contribution in [0.25, 0.3) is 0 Å². The molecule has 6 heteroatoms. The monoisotopic (exact) mass is 259 g/mol. The highest BCUT2D eigenvalue weighted by atomic mass is 16.5. The number of allylic oxidation sites excluding steroid dienone is 1. The zero-order valence-corrected chi connectivity index (χ0v) is 10.9. The largest absolute Gasteiger partial charge is 0.494 e. The van der Waals surface area contributed by atoms with Crippen LogP contribution in [0.1, 0.15) is 12.5 Å². The molecule has 0 aliphatic heterocycles. The maximum absolute atomic E-state index is 5.57. The smallest absolute Gasteiger partial charge is 0.243 e. The third-order valence-electron chi connectivity index (χ3n) is 2.54. The summed E-state index contributed by atoms with van der Waals surface area (Å²) >= 11 is 0. The van der Waals surface area contributed by atoms with Crippen LogP contribution in [0.3, 0.4) is 0 Å². The first kappa shape index (κ1) is 13.1. The molecule has 0 saturated heterocycles. The van der Waals surface area contributed by atoms with Crippen LogP contribution < -0.4 is 10.1 Å². The summed E-state index contributed by atoms with van der Waals surface area (Å²) in [5.41, 5.74) is 1.07. The molecule has 1 heterocycles. The lowest BCUT2D eigenvalue weighted by atomic mass is 10.2. The number of aromatic nitrogens is 4. The summed E-state index contributed by atoms with van der Waals surface area (Å²) in [4.78, 5) is 0. The van der Waals surface area contributed by atoms with Crippen LogP contribution >= 0.6 is 0 Å². The maximum atomic E-state index is 5.57. The van der Waals surface area contributed by atoms with Gasteiger partial charge in [0.25, 0.3) is 0 Å². The van der Waals surface area contributed by atoms with Gasteiger partial charge >= 0.3 is 0 Å². The Bertz CT molecular complexity index is 537. The number of anilines is 1. The minimum Gasteiger partial charge on any atom is -0.494 e. The number of ether oxygens (including phenoxy) is 1. The fourth-order valence-electron chi connectivity index (χ4n) is 1.70. The highest BCUT2D eigenvalue weighted by molar-refractivity contribution is 5.36. The SMILES string of the molecule is C=CCn1nnnc1NCc1ccccc1OCC. The molecule has 6 nitrogen and oxygen atoms in total. The van der Waals surface area contributed by atoms with E-state index in [2.05, 4.69) is 27.4 Å². The molecule has 0 radical (unpaired) electrons. The number of hydrogen-bond acceptors (Lipinski definition) is 5. The van der Waals surface area contributed by atoms with Crippen LogP contribution in [0.4, 0.5) is 5.95 Å². The molecule has 0 aliphatic rings. The summed E-state index contributed by atoms with van der Waals surface area (Å²) in [7, 11) is 0.